The Morgan fingerprint density at radius 3 is 2.88 bits per heavy atom. The fraction of sp³-hybridized carbons (Fsp3) is 0.182. The zero-order chi connectivity index (χ0) is 11.5. The Bertz CT molecular complexity index is 496. The third kappa shape index (κ3) is 2.31. The van der Waals surface area contributed by atoms with Crippen LogP contribution < -0.4 is 5.73 Å². The number of benzene rings is 1. The first-order valence-corrected chi connectivity index (χ1v) is 5.64. The summed E-state index contributed by atoms with van der Waals surface area (Å²) in [4.78, 5) is 0. The van der Waals surface area contributed by atoms with Crippen molar-refractivity contribution in [1.82, 2.24) is 9.78 Å². The Kier molecular flexibility index (Phi) is 3.36. The normalized spacial score (nSPS) is 10.7. The van der Waals surface area contributed by atoms with Gasteiger partial charge in [0.05, 0.1) is 12.2 Å². The average Bonchev–Trinajstić information content (AvgIpc) is 2.69. The molecule has 0 atom stereocenters. The van der Waals surface area contributed by atoms with Gasteiger partial charge >= 0.3 is 0 Å². The maximum Gasteiger partial charge on any atom is 0.124 e. The summed E-state index contributed by atoms with van der Waals surface area (Å²) >= 11 is 3.33. The summed E-state index contributed by atoms with van der Waals surface area (Å²) in [6.45, 7) is 1.03. The first kappa shape index (κ1) is 11.3. The van der Waals surface area contributed by atoms with Crippen molar-refractivity contribution in [1.29, 1.82) is 0 Å². The minimum atomic E-state index is -0.255. The smallest absolute Gasteiger partial charge is 0.124 e. The molecule has 0 saturated carbocycles. The van der Waals surface area contributed by atoms with Gasteiger partial charge < -0.3 is 5.73 Å². The highest BCUT2D eigenvalue weighted by Crippen LogP contribution is 2.19. The zero-order valence-corrected chi connectivity index (χ0v) is 10.1. The van der Waals surface area contributed by atoms with Gasteiger partial charge in [-0.05, 0) is 23.8 Å². The van der Waals surface area contributed by atoms with Crippen molar-refractivity contribution in [3.05, 3.63) is 52.0 Å². The van der Waals surface area contributed by atoms with Crippen molar-refractivity contribution in [2.75, 3.05) is 0 Å². The summed E-state index contributed by atoms with van der Waals surface area (Å²) < 4.78 is 15.4. The molecule has 1 aromatic heterocycles. The number of halogens is 2. The van der Waals surface area contributed by atoms with Gasteiger partial charge in [0.2, 0.25) is 0 Å². The Labute approximate surface area is 101 Å². The second-order valence-corrected chi connectivity index (χ2v) is 4.27. The van der Waals surface area contributed by atoms with Crippen LogP contribution in [-0.2, 0) is 13.1 Å². The predicted molar refractivity (Wildman–Crippen MR) is 63.3 cm³/mol. The van der Waals surface area contributed by atoms with Crippen molar-refractivity contribution >= 4 is 15.9 Å². The monoisotopic (exact) mass is 283 g/mol. The molecule has 2 rings (SSSR count). The van der Waals surface area contributed by atoms with E-state index in [1.807, 2.05) is 6.07 Å². The molecule has 0 radical (unpaired) electrons. The SMILES string of the molecule is NCc1ccnn1Cc1ccc(F)cc1Br. The lowest BCUT2D eigenvalue weighted by Crippen LogP contribution is -2.10. The van der Waals surface area contributed by atoms with Gasteiger partial charge in [0, 0.05) is 17.2 Å². The molecule has 3 nitrogen and oxygen atoms in total. The Balaban J connectivity index is 2.27. The standard InChI is InChI=1S/C11H11BrFN3/c12-11-5-9(13)2-1-8(11)7-16-10(6-14)3-4-15-16/h1-5H,6-7,14H2. The van der Waals surface area contributed by atoms with Gasteiger partial charge in [-0.2, -0.15) is 5.10 Å². The van der Waals surface area contributed by atoms with Crippen LogP contribution in [0, 0.1) is 5.82 Å². The molecule has 1 heterocycles. The highest BCUT2D eigenvalue weighted by atomic mass is 79.9. The molecule has 2 N–H and O–H groups in total. The summed E-state index contributed by atoms with van der Waals surface area (Å²) in [5, 5.41) is 4.17. The summed E-state index contributed by atoms with van der Waals surface area (Å²) in [7, 11) is 0. The third-order valence-corrected chi connectivity index (χ3v) is 3.09. The van der Waals surface area contributed by atoms with E-state index in [9.17, 15) is 4.39 Å². The number of hydrogen-bond donors (Lipinski definition) is 1. The molecule has 5 heteroatoms. The summed E-state index contributed by atoms with van der Waals surface area (Å²) in [5.74, 6) is -0.255. The van der Waals surface area contributed by atoms with Crippen molar-refractivity contribution in [3.63, 3.8) is 0 Å². The molecule has 0 spiro atoms. The van der Waals surface area contributed by atoms with E-state index in [0.29, 0.717) is 13.1 Å². The van der Waals surface area contributed by atoms with Gasteiger partial charge in [-0.25, -0.2) is 4.39 Å². The summed E-state index contributed by atoms with van der Waals surface area (Å²) in [6, 6.07) is 6.49. The Morgan fingerprint density at radius 2 is 2.19 bits per heavy atom. The molecule has 0 aliphatic carbocycles. The molecular formula is C11H11BrFN3. The topological polar surface area (TPSA) is 43.8 Å². The number of nitrogens with zero attached hydrogens (tertiary/aromatic N) is 2. The van der Waals surface area contributed by atoms with E-state index >= 15 is 0 Å². The molecule has 16 heavy (non-hydrogen) atoms. The van der Waals surface area contributed by atoms with E-state index in [0.717, 1.165) is 15.7 Å². The van der Waals surface area contributed by atoms with Crippen LogP contribution >= 0.6 is 15.9 Å². The molecule has 2 aromatic rings. The van der Waals surface area contributed by atoms with Crippen LogP contribution in [-0.4, -0.2) is 9.78 Å². The predicted octanol–water partition coefficient (Wildman–Crippen LogP) is 2.29. The van der Waals surface area contributed by atoms with Gasteiger partial charge in [0.25, 0.3) is 0 Å². The minimum Gasteiger partial charge on any atom is -0.325 e. The number of aromatic nitrogens is 2. The van der Waals surface area contributed by atoms with E-state index < -0.39 is 0 Å². The zero-order valence-electron chi connectivity index (χ0n) is 8.53. The summed E-state index contributed by atoms with van der Waals surface area (Å²) in [6.07, 6.45) is 1.71. The largest absolute Gasteiger partial charge is 0.325 e. The lowest BCUT2D eigenvalue weighted by Gasteiger charge is -2.07. The molecule has 0 unspecified atom stereocenters. The first-order valence-electron chi connectivity index (χ1n) is 4.85. The van der Waals surface area contributed by atoms with E-state index in [-0.39, 0.29) is 5.82 Å². The van der Waals surface area contributed by atoms with E-state index in [2.05, 4.69) is 21.0 Å². The number of nitrogens with two attached hydrogens (primary N) is 1. The lowest BCUT2D eigenvalue weighted by atomic mass is 10.2. The fourth-order valence-electron chi connectivity index (χ4n) is 1.49. The van der Waals surface area contributed by atoms with Gasteiger partial charge in [-0.15, -0.1) is 0 Å². The molecule has 0 amide bonds. The van der Waals surface area contributed by atoms with Crippen molar-refractivity contribution < 1.29 is 4.39 Å². The van der Waals surface area contributed by atoms with Crippen LogP contribution in [0.15, 0.2) is 34.9 Å². The van der Waals surface area contributed by atoms with Crippen molar-refractivity contribution in [2.24, 2.45) is 5.73 Å². The van der Waals surface area contributed by atoms with Gasteiger partial charge in [0.1, 0.15) is 5.82 Å². The van der Waals surface area contributed by atoms with Gasteiger partial charge in [-0.3, -0.25) is 4.68 Å². The van der Waals surface area contributed by atoms with Crippen LogP contribution in [0.25, 0.3) is 0 Å². The maximum absolute atomic E-state index is 12.9. The van der Waals surface area contributed by atoms with Crippen LogP contribution in [0.1, 0.15) is 11.3 Å². The molecule has 0 aliphatic heterocycles. The molecule has 1 aromatic carbocycles. The van der Waals surface area contributed by atoms with Crippen molar-refractivity contribution in [2.45, 2.75) is 13.1 Å². The second-order valence-electron chi connectivity index (χ2n) is 3.42. The van der Waals surface area contributed by atoms with Gasteiger partial charge in [-0.1, -0.05) is 22.0 Å². The number of hydrogen-bond acceptors (Lipinski definition) is 2. The van der Waals surface area contributed by atoms with E-state index in [4.69, 9.17) is 5.73 Å². The van der Waals surface area contributed by atoms with Crippen LogP contribution in [0.4, 0.5) is 4.39 Å². The first-order chi connectivity index (χ1) is 7.70. The van der Waals surface area contributed by atoms with Crippen molar-refractivity contribution in [3.8, 4) is 0 Å². The van der Waals surface area contributed by atoms with Crippen LogP contribution in [0.2, 0.25) is 0 Å². The van der Waals surface area contributed by atoms with Crippen LogP contribution in [0.3, 0.4) is 0 Å². The van der Waals surface area contributed by atoms with E-state index in [1.54, 1.807) is 16.9 Å². The third-order valence-electron chi connectivity index (χ3n) is 2.35. The fourth-order valence-corrected chi connectivity index (χ4v) is 1.96. The second kappa shape index (κ2) is 4.76. The molecule has 84 valence electrons. The molecule has 0 fully saturated rings. The lowest BCUT2D eigenvalue weighted by molar-refractivity contribution is 0.618. The Morgan fingerprint density at radius 1 is 1.38 bits per heavy atom. The quantitative estimate of drug-likeness (QED) is 0.939. The highest BCUT2D eigenvalue weighted by Gasteiger charge is 2.05. The van der Waals surface area contributed by atoms with E-state index in [1.165, 1.54) is 12.1 Å². The highest BCUT2D eigenvalue weighted by molar-refractivity contribution is 9.10. The number of rotatable bonds is 3. The van der Waals surface area contributed by atoms with Gasteiger partial charge in [0.15, 0.2) is 0 Å². The average molecular weight is 284 g/mol. The van der Waals surface area contributed by atoms with Crippen LogP contribution in [0.5, 0.6) is 0 Å². The Hall–Kier alpha value is -1.20. The molecule has 0 bridgehead atoms. The minimum absolute atomic E-state index is 0.255. The summed E-state index contributed by atoms with van der Waals surface area (Å²) in [5.41, 5.74) is 7.51. The maximum atomic E-state index is 12.9. The molecular weight excluding hydrogens is 273 g/mol. The molecule has 0 saturated heterocycles. The molecule has 0 aliphatic rings.